The molecule has 0 spiro atoms. The highest BCUT2D eigenvalue weighted by atomic mass is 35.5. The normalized spacial score (nSPS) is 22.2. The second kappa shape index (κ2) is 8.75. The number of halogens is 1. The highest BCUT2D eigenvalue weighted by Crippen LogP contribution is 2.55. The predicted octanol–water partition coefficient (Wildman–Crippen LogP) is 6.88. The van der Waals surface area contributed by atoms with Crippen molar-refractivity contribution in [3.8, 4) is 5.75 Å². The average Bonchev–Trinajstić information content (AvgIpc) is 2.71. The van der Waals surface area contributed by atoms with Crippen LogP contribution in [-0.4, -0.2) is 9.44 Å². The molecule has 0 radical (unpaired) electrons. The van der Waals surface area contributed by atoms with Crippen molar-refractivity contribution in [2.45, 2.75) is 62.1 Å². The van der Waals surface area contributed by atoms with Crippen molar-refractivity contribution < 1.29 is 9.66 Å². The third kappa shape index (κ3) is 4.15. The summed E-state index contributed by atoms with van der Waals surface area (Å²) in [6, 6.07) is 14.1. The first-order valence-electron chi connectivity index (χ1n) is 9.81. The van der Waals surface area contributed by atoms with Gasteiger partial charge in [0, 0.05) is 17.2 Å². The molecule has 28 heavy (non-hydrogen) atoms. The summed E-state index contributed by atoms with van der Waals surface area (Å²) < 4.78 is 3.85. The van der Waals surface area contributed by atoms with E-state index < -0.39 is 9.44 Å². The highest BCUT2D eigenvalue weighted by Gasteiger charge is 2.52. The van der Waals surface area contributed by atoms with Crippen molar-refractivity contribution in [3.63, 3.8) is 0 Å². The van der Waals surface area contributed by atoms with Crippen LogP contribution in [0, 0.1) is 10.1 Å². The summed E-state index contributed by atoms with van der Waals surface area (Å²) in [5.41, 5.74) is 4.24. The SMILES string of the molecule is CCCCc1cc(C(C)CC)c2c(c1)C(c1ccccc1)SC(Cl)([N+](=O)[O-])O2. The molecule has 0 N–H and O–H groups in total. The lowest BCUT2D eigenvalue weighted by Gasteiger charge is -2.34. The first-order valence-corrected chi connectivity index (χ1v) is 11.1. The van der Waals surface area contributed by atoms with E-state index in [-0.39, 0.29) is 11.2 Å². The zero-order valence-corrected chi connectivity index (χ0v) is 18.1. The number of thioether (sulfide) groups is 1. The van der Waals surface area contributed by atoms with E-state index in [0.717, 1.165) is 54.1 Å². The van der Waals surface area contributed by atoms with Crippen molar-refractivity contribution in [1.82, 2.24) is 0 Å². The zero-order chi connectivity index (χ0) is 20.3. The van der Waals surface area contributed by atoms with Crippen molar-refractivity contribution in [1.29, 1.82) is 0 Å². The Labute approximate surface area is 175 Å². The molecular weight excluding hydrogens is 394 g/mol. The topological polar surface area (TPSA) is 52.4 Å². The average molecular weight is 420 g/mol. The Morgan fingerprint density at radius 3 is 2.61 bits per heavy atom. The Balaban J connectivity index is 2.21. The summed E-state index contributed by atoms with van der Waals surface area (Å²) in [6.07, 6.45) is 4.14. The van der Waals surface area contributed by atoms with E-state index in [0.29, 0.717) is 5.75 Å². The van der Waals surface area contributed by atoms with Gasteiger partial charge in [-0.15, -0.1) is 0 Å². The van der Waals surface area contributed by atoms with Gasteiger partial charge in [0.1, 0.15) is 5.75 Å². The van der Waals surface area contributed by atoms with E-state index in [9.17, 15) is 10.1 Å². The molecule has 1 heterocycles. The van der Waals surface area contributed by atoms with Crippen molar-refractivity contribution in [2.75, 3.05) is 0 Å². The maximum Gasteiger partial charge on any atom is 0.496 e. The van der Waals surface area contributed by atoms with Crippen LogP contribution in [-0.2, 0) is 6.42 Å². The number of alkyl halides is 1. The lowest BCUT2D eigenvalue weighted by molar-refractivity contribution is -0.552. The number of nitrogens with zero attached hydrogens (tertiary/aromatic N) is 1. The lowest BCUT2D eigenvalue weighted by Crippen LogP contribution is -2.39. The Bertz CT molecular complexity index is 845. The molecule has 1 aliphatic heterocycles. The Morgan fingerprint density at radius 1 is 1.29 bits per heavy atom. The molecule has 0 saturated heterocycles. The second-order valence-electron chi connectivity index (χ2n) is 7.29. The lowest BCUT2D eigenvalue weighted by atomic mass is 9.89. The molecule has 3 unspecified atom stereocenters. The zero-order valence-electron chi connectivity index (χ0n) is 16.5. The van der Waals surface area contributed by atoms with Gasteiger partial charge in [-0.2, -0.15) is 0 Å². The molecule has 1 aliphatic rings. The molecule has 2 aromatic rings. The molecule has 0 saturated carbocycles. The number of hydrogen-bond donors (Lipinski definition) is 0. The van der Waals surface area contributed by atoms with Gasteiger partial charge in [-0.3, -0.25) is 10.1 Å². The van der Waals surface area contributed by atoms with Gasteiger partial charge in [0.15, 0.2) is 0 Å². The second-order valence-corrected chi connectivity index (χ2v) is 9.29. The van der Waals surface area contributed by atoms with Crippen molar-refractivity contribution in [3.05, 3.63) is 74.8 Å². The fourth-order valence-corrected chi connectivity index (χ4v) is 4.93. The molecule has 0 fully saturated rings. The van der Waals surface area contributed by atoms with E-state index in [1.807, 2.05) is 30.3 Å². The molecule has 2 aromatic carbocycles. The van der Waals surface area contributed by atoms with Gasteiger partial charge in [-0.25, -0.2) is 0 Å². The number of rotatable bonds is 7. The Hall–Kier alpha value is -1.72. The van der Waals surface area contributed by atoms with Crippen LogP contribution in [0.4, 0.5) is 0 Å². The summed E-state index contributed by atoms with van der Waals surface area (Å²) in [4.78, 5) is 11.2. The molecule has 6 heteroatoms. The van der Waals surface area contributed by atoms with Crippen LogP contribution in [0.3, 0.4) is 0 Å². The molecule has 0 aliphatic carbocycles. The van der Waals surface area contributed by atoms with Gasteiger partial charge >= 0.3 is 4.52 Å². The first-order chi connectivity index (χ1) is 13.4. The monoisotopic (exact) mass is 419 g/mol. The molecule has 0 amide bonds. The Morgan fingerprint density at radius 2 is 2.00 bits per heavy atom. The van der Waals surface area contributed by atoms with E-state index in [1.54, 1.807) is 0 Å². The van der Waals surface area contributed by atoms with E-state index in [1.165, 1.54) is 5.56 Å². The van der Waals surface area contributed by atoms with Gasteiger partial charge in [-0.1, -0.05) is 69.7 Å². The van der Waals surface area contributed by atoms with Crippen LogP contribution < -0.4 is 4.74 Å². The number of benzene rings is 2. The molecular formula is C22H26ClNO3S. The summed E-state index contributed by atoms with van der Waals surface area (Å²) in [7, 11) is 0. The minimum atomic E-state index is -2.03. The fraction of sp³-hybridized carbons (Fsp3) is 0.455. The fourth-order valence-electron chi connectivity index (χ4n) is 3.48. The summed E-state index contributed by atoms with van der Waals surface area (Å²) in [5, 5.41) is 11.5. The van der Waals surface area contributed by atoms with E-state index in [2.05, 4.69) is 32.9 Å². The Kier molecular flexibility index (Phi) is 6.56. The van der Waals surface area contributed by atoms with E-state index >= 15 is 0 Å². The summed E-state index contributed by atoms with van der Waals surface area (Å²) in [5.74, 6) is 0.802. The van der Waals surface area contributed by atoms with Gasteiger partial charge in [0.2, 0.25) is 0 Å². The van der Waals surface area contributed by atoms with Gasteiger partial charge in [0.25, 0.3) is 0 Å². The third-order valence-electron chi connectivity index (χ3n) is 5.26. The molecule has 0 bridgehead atoms. The van der Waals surface area contributed by atoms with Crippen LogP contribution in [0.2, 0.25) is 0 Å². The predicted molar refractivity (Wildman–Crippen MR) is 116 cm³/mol. The van der Waals surface area contributed by atoms with Crippen molar-refractivity contribution in [2.24, 2.45) is 0 Å². The number of ether oxygens (including phenoxy) is 1. The molecule has 4 nitrogen and oxygen atoms in total. The molecule has 3 atom stereocenters. The minimum Gasteiger partial charge on any atom is -0.406 e. The quantitative estimate of drug-likeness (QED) is 0.212. The van der Waals surface area contributed by atoms with Crippen LogP contribution >= 0.6 is 23.4 Å². The van der Waals surface area contributed by atoms with Crippen LogP contribution in [0.15, 0.2) is 42.5 Å². The van der Waals surface area contributed by atoms with Gasteiger partial charge in [0.05, 0.1) is 10.2 Å². The summed E-state index contributed by atoms with van der Waals surface area (Å²) in [6.45, 7) is 6.42. The van der Waals surface area contributed by atoms with Gasteiger partial charge < -0.3 is 4.74 Å². The molecule has 150 valence electrons. The highest BCUT2D eigenvalue weighted by molar-refractivity contribution is 8.01. The number of unbranched alkanes of at least 4 members (excludes halogenated alkanes) is 1. The number of hydrogen-bond acceptors (Lipinski definition) is 4. The van der Waals surface area contributed by atoms with Crippen LogP contribution in [0.25, 0.3) is 0 Å². The minimum absolute atomic E-state index is 0.225. The van der Waals surface area contributed by atoms with Gasteiger partial charge in [-0.05, 0) is 53.6 Å². The molecule has 3 rings (SSSR count). The molecule has 0 aromatic heterocycles. The standard InChI is InChI=1S/C22H26ClNO3S/c1-4-6-10-16-13-18(15(3)5-2)20-19(14-16)21(17-11-8-7-9-12-17)28-22(23,27-20)24(25)26/h7-9,11-15,21H,4-6,10H2,1-3H3. The smallest absolute Gasteiger partial charge is 0.406 e. The maximum absolute atomic E-state index is 11.7. The van der Waals surface area contributed by atoms with E-state index in [4.69, 9.17) is 16.3 Å². The first kappa shape index (κ1) is 21.0. The summed E-state index contributed by atoms with van der Waals surface area (Å²) >= 11 is 7.41. The number of aryl methyl sites for hydroxylation is 1. The third-order valence-corrected chi connectivity index (χ3v) is 7.03. The number of fused-ring (bicyclic) bond motifs is 1. The van der Waals surface area contributed by atoms with Crippen molar-refractivity contribution >= 4 is 23.4 Å². The van der Waals surface area contributed by atoms with Crippen LogP contribution in [0.1, 0.15) is 73.5 Å². The largest absolute Gasteiger partial charge is 0.496 e. The maximum atomic E-state index is 11.7. The van der Waals surface area contributed by atoms with Crippen LogP contribution in [0.5, 0.6) is 5.75 Å². The number of nitro groups is 1.